The zero-order chi connectivity index (χ0) is 22.2. The van der Waals surface area contributed by atoms with Crippen LogP contribution in [0.1, 0.15) is 46.3 Å². The van der Waals surface area contributed by atoms with Gasteiger partial charge >= 0.3 is 5.92 Å². The van der Waals surface area contributed by atoms with Gasteiger partial charge in [0.2, 0.25) is 17.6 Å². The summed E-state index contributed by atoms with van der Waals surface area (Å²) in [6.45, 7) is 0.197. The van der Waals surface area contributed by atoms with Gasteiger partial charge in [0.15, 0.2) is 0 Å². The third kappa shape index (κ3) is 3.97. The maximum absolute atomic E-state index is 14.4. The molecule has 2 heterocycles. The number of halogens is 2. The fourth-order valence-electron chi connectivity index (χ4n) is 4.01. The van der Waals surface area contributed by atoms with Gasteiger partial charge in [-0.05, 0) is 30.0 Å². The maximum atomic E-state index is 14.4. The van der Waals surface area contributed by atoms with Gasteiger partial charge in [0.1, 0.15) is 6.04 Å². The van der Waals surface area contributed by atoms with E-state index < -0.39 is 23.7 Å². The van der Waals surface area contributed by atoms with Crippen molar-refractivity contribution in [2.45, 2.75) is 44.2 Å². The molecule has 8 heteroatoms. The molecule has 0 aliphatic carbocycles. The Morgan fingerprint density at radius 1 is 1.10 bits per heavy atom. The Morgan fingerprint density at radius 2 is 1.84 bits per heavy atom. The topological polar surface area (TPSA) is 83.6 Å². The molecule has 2 aliphatic heterocycles. The Labute approximate surface area is 177 Å². The van der Waals surface area contributed by atoms with E-state index in [1.165, 1.54) is 29.2 Å². The van der Waals surface area contributed by atoms with E-state index in [-0.39, 0.29) is 49.6 Å². The summed E-state index contributed by atoms with van der Waals surface area (Å²) >= 11 is 0. The number of hydrogen-bond donors (Lipinski definition) is 1. The summed E-state index contributed by atoms with van der Waals surface area (Å²) in [4.78, 5) is 49.7. The van der Waals surface area contributed by atoms with Crippen LogP contribution >= 0.6 is 0 Å². The molecule has 2 aromatic carbocycles. The lowest BCUT2D eigenvalue weighted by molar-refractivity contribution is -0.144. The van der Waals surface area contributed by atoms with E-state index >= 15 is 0 Å². The maximum Gasteiger partial charge on any atom is 0.330 e. The summed E-state index contributed by atoms with van der Waals surface area (Å²) in [5.74, 6) is -5.88. The van der Waals surface area contributed by atoms with Crippen LogP contribution in [0.4, 0.5) is 8.78 Å². The standard InChI is InChI=1S/C23H20F2N2O4/c24-23(25,16-4-2-1-3-5-16)19(28)10-7-14-6-8-17-15(12-14)13-27(22(17)31)18-9-11-20(29)26-21(18)30/h1-6,8,12,18H,7,9-11,13H2,(H,26,29,30). The van der Waals surface area contributed by atoms with Crippen LogP contribution in [0.2, 0.25) is 0 Å². The number of ketones is 1. The smallest absolute Gasteiger partial charge is 0.322 e. The lowest BCUT2D eigenvalue weighted by Gasteiger charge is -2.29. The number of imide groups is 1. The van der Waals surface area contributed by atoms with Crippen LogP contribution in [0, 0.1) is 0 Å². The first-order valence-corrected chi connectivity index (χ1v) is 10.0. The number of carbonyl (C=O) groups is 4. The molecule has 1 unspecified atom stereocenters. The van der Waals surface area contributed by atoms with Crippen molar-refractivity contribution in [2.75, 3.05) is 0 Å². The minimum absolute atomic E-state index is 0.112. The van der Waals surface area contributed by atoms with Crippen molar-refractivity contribution in [2.24, 2.45) is 0 Å². The molecule has 1 N–H and O–H groups in total. The molecule has 4 rings (SSSR count). The van der Waals surface area contributed by atoms with Gasteiger partial charge < -0.3 is 4.90 Å². The number of nitrogens with zero attached hydrogens (tertiary/aromatic N) is 1. The van der Waals surface area contributed by atoms with E-state index in [1.807, 2.05) is 0 Å². The summed E-state index contributed by atoms with van der Waals surface area (Å²) in [7, 11) is 0. The number of piperidine rings is 1. The monoisotopic (exact) mass is 426 g/mol. The molecule has 0 saturated carbocycles. The fourth-order valence-corrected chi connectivity index (χ4v) is 4.01. The molecule has 0 aromatic heterocycles. The highest BCUT2D eigenvalue weighted by atomic mass is 19.3. The molecule has 6 nitrogen and oxygen atoms in total. The zero-order valence-corrected chi connectivity index (χ0v) is 16.6. The highest BCUT2D eigenvalue weighted by Crippen LogP contribution is 2.32. The van der Waals surface area contributed by atoms with Gasteiger partial charge in [-0.1, -0.05) is 42.5 Å². The largest absolute Gasteiger partial charge is 0.330 e. The normalized spacial score (nSPS) is 18.7. The van der Waals surface area contributed by atoms with Gasteiger partial charge in [0, 0.05) is 30.5 Å². The second-order valence-corrected chi connectivity index (χ2v) is 7.76. The molecule has 1 saturated heterocycles. The molecule has 2 aliphatic rings. The second-order valence-electron chi connectivity index (χ2n) is 7.76. The van der Waals surface area contributed by atoms with Crippen molar-refractivity contribution in [3.8, 4) is 0 Å². The number of hydrogen-bond acceptors (Lipinski definition) is 4. The van der Waals surface area contributed by atoms with Crippen LogP contribution in [0.5, 0.6) is 0 Å². The van der Waals surface area contributed by atoms with Crippen molar-refractivity contribution in [3.05, 3.63) is 70.8 Å². The lowest BCUT2D eigenvalue weighted by Crippen LogP contribution is -2.52. The Hall–Kier alpha value is -3.42. The number of aryl methyl sites for hydroxylation is 1. The summed E-state index contributed by atoms with van der Waals surface area (Å²) in [6.07, 6.45) is 0.201. The van der Waals surface area contributed by atoms with Crippen LogP contribution in [-0.4, -0.2) is 34.4 Å². The van der Waals surface area contributed by atoms with Crippen molar-refractivity contribution >= 4 is 23.5 Å². The fraction of sp³-hybridized carbons (Fsp3) is 0.304. The Bertz CT molecular complexity index is 1070. The summed E-state index contributed by atoms with van der Waals surface area (Å²) in [5.41, 5.74) is 1.44. The molecule has 31 heavy (non-hydrogen) atoms. The lowest BCUT2D eigenvalue weighted by atomic mass is 9.97. The average molecular weight is 426 g/mol. The molecule has 0 spiro atoms. The minimum Gasteiger partial charge on any atom is -0.322 e. The van der Waals surface area contributed by atoms with Crippen LogP contribution in [0.3, 0.4) is 0 Å². The molecular formula is C23H20F2N2O4. The number of fused-ring (bicyclic) bond motifs is 1. The Kier molecular flexibility index (Phi) is 5.39. The first kappa shape index (κ1) is 20.8. The van der Waals surface area contributed by atoms with E-state index in [0.717, 1.165) is 0 Å². The molecule has 0 bridgehead atoms. The predicted octanol–water partition coefficient (Wildman–Crippen LogP) is 2.74. The van der Waals surface area contributed by atoms with Crippen molar-refractivity contribution in [1.82, 2.24) is 10.2 Å². The van der Waals surface area contributed by atoms with Crippen LogP contribution in [0.25, 0.3) is 0 Å². The summed E-state index contributed by atoms with van der Waals surface area (Å²) in [6, 6.07) is 11.2. The van der Waals surface area contributed by atoms with Crippen LogP contribution in [-0.2, 0) is 33.3 Å². The molecular weight excluding hydrogens is 406 g/mol. The van der Waals surface area contributed by atoms with Gasteiger partial charge in [-0.2, -0.15) is 8.78 Å². The second kappa shape index (κ2) is 8.02. The number of rotatable bonds is 6. The number of carbonyl (C=O) groups excluding carboxylic acids is 4. The van der Waals surface area contributed by atoms with Crippen molar-refractivity contribution in [3.63, 3.8) is 0 Å². The van der Waals surface area contributed by atoms with E-state index in [9.17, 15) is 28.0 Å². The Morgan fingerprint density at radius 3 is 2.55 bits per heavy atom. The third-order valence-corrected chi connectivity index (χ3v) is 5.72. The number of amides is 3. The van der Waals surface area contributed by atoms with E-state index in [0.29, 0.717) is 16.7 Å². The van der Waals surface area contributed by atoms with Gasteiger partial charge in [-0.15, -0.1) is 0 Å². The van der Waals surface area contributed by atoms with Crippen LogP contribution in [0.15, 0.2) is 48.5 Å². The summed E-state index contributed by atoms with van der Waals surface area (Å²) < 4.78 is 28.8. The first-order chi connectivity index (χ1) is 14.8. The Balaban J connectivity index is 1.43. The SMILES string of the molecule is O=C1CCC(N2Cc3cc(CCC(=O)C(F)(F)c4ccccc4)ccc3C2=O)C(=O)N1. The van der Waals surface area contributed by atoms with Gasteiger partial charge in [-0.25, -0.2) is 0 Å². The van der Waals surface area contributed by atoms with E-state index in [4.69, 9.17) is 0 Å². The molecule has 3 amide bonds. The predicted molar refractivity (Wildman–Crippen MR) is 106 cm³/mol. The number of benzene rings is 2. The average Bonchev–Trinajstić information content (AvgIpc) is 3.08. The van der Waals surface area contributed by atoms with Crippen LogP contribution < -0.4 is 5.32 Å². The first-order valence-electron chi connectivity index (χ1n) is 10.0. The molecule has 1 atom stereocenters. The van der Waals surface area contributed by atoms with Crippen molar-refractivity contribution in [1.29, 1.82) is 0 Å². The quantitative estimate of drug-likeness (QED) is 0.720. The molecule has 0 radical (unpaired) electrons. The van der Waals surface area contributed by atoms with Gasteiger partial charge in [0.05, 0.1) is 0 Å². The minimum atomic E-state index is -3.56. The highest BCUT2D eigenvalue weighted by molar-refractivity contribution is 6.05. The third-order valence-electron chi connectivity index (χ3n) is 5.72. The number of nitrogens with one attached hydrogen (secondary N) is 1. The summed E-state index contributed by atoms with van der Waals surface area (Å²) in [5, 5.41) is 2.25. The zero-order valence-electron chi connectivity index (χ0n) is 16.6. The van der Waals surface area contributed by atoms with Gasteiger partial charge in [-0.3, -0.25) is 24.5 Å². The van der Waals surface area contributed by atoms with Crippen molar-refractivity contribution < 1.29 is 28.0 Å². The molecule has 1 fully saturated rings. The van der Waals surface area contributed by atoms with E-state index in [1.54, 1.807) is 24.3 Å². The number of alkyl halides is 2. The van der Waals surface area contributed by atoms with E-state index in [2.05, 4.69) is 5.32 Å². The van der Waals surface area contributed by atoms with Gasteiger partial charge in [0.25, 0.3) is 5.91 Å². The number of Topliss-reactive ketones (excluding diaryl/α,β-unsaturated/α-hetero) is 1. The highest BCUT2D eigenvalue weighted by Gasteiger charge is 2.40. The molecule has 2 aromatic rings. The molecule has 160 valence electrons.